The van der Waals surface area contributed by atoms with Crippen molar-refractivity contribution in [3.63, 3.8) is 0 Å². The monoisotopic (exact) mass is 344 g/mol. The van der Waals surface area contributed by atoms with Crippen LogP contribution in [0, 0.1) is 11.8 Å². The van der Waals surface area contributed by atoms with Gasteiger partial charge in [0.05, 0.1) is 18.6 Å². The minimum atomic E-state index is -0.152. The minimum Gasteiger partial charge on any atom is -0.374 e. The zero-order valence-corrected chi connectivity index (χ0v) is 14.9. The van der Waals surface area contributed by atoms with Crippen LogP contribution in [0.1, 0.15) is 51.0 Å². The standard InChI is InChI=1S/C20H28N2O3/c1-14-4-2-7-18(10-14)25-13-15-5-3-6-17(11-15)22-20(24)16-8-9-19(23)21-12-16/h3,5-6,11,14,16,18H,2,4,7-10,12-13H2,1H3,(H,21,23)(H,22,24)/t14-,16+,18+/m1/s1. The number of nitrogens with one attached hydrogen (secondary N) is 2. The normalized spacial score (nSPS) is 26.8. The summed E-state index contributed by atoms with van der Waals surface area (Å²) in [4.78, 5) is 23.5. The van der Waals surface area contributed by atoms with E-state index in [0.717, 1.165) is 30.0 Å². The minimum absolute atomic E-state index is 0.0280. The molecule has 2 aliphatic rings. The molecular weight excluding hydrogens is 316 g/mol. The molecule has 0 unspecified atom stereocenters. The molecule has 0 bridgehead atoms. The predicted octanol–water partition coefficient (Wildman–Crippen LogP) is 3.25. The van der Waals surface area contributed by atoms with E-state index in [9.17, 15) is 9.59 Å². The van der Waals surface area contributed by atoms with Gasteiger partial charge >= 0.3 is 0 Å². The van der Waals surface area contributed by atoms with Gasteiger partial charge in [0.2, 0.25) is 11.8 Å². The smallest absolute Gasteiger partial charge is 0.229 e. The quantitative estimate of drug-likeness (QED) is 0.862. The third kappa shape index (κ3) is 5.30. The molecule has 0 aromatic heterocycles. The zero-order chi connectivity index (χ0) is 17.6. The maximum atomic E-state index is 12.3. The third-order valence-corrected chi connectivity index (χ3v) is 5.20. The van der Waals surface area contributed by atoms with E-state index in [4.69, 9.17) is 4.74 Å². The van der Waals surface area contributed by atoms with Gasteiger partial charge in [-0.15, -0.1) is 0 Å². The van der Waals surface area contributed by atoms with Gasteiger partial charge in [-0.1, -0.05) is 31.9 Å². The fourth-order valence-electron chi connectivity index (χ4n) is 3.68. The van der Waals surface area contributed by atoms with E-state index in [1.165, 1.54) is 12.8 Å². The van der Waals surface area contributed by atoms with Crippen LogP contribution >= 0.6 is 0 Å². The van der Waals surface area contributed by atoms with Gasteiger partial charge in [0.15, 0.2) is 0 Å². The second-order valence-electron chi connectivity index (χ2n) is 7.43. The Kier molecular flexibility index (Phi) is 6.08. The van der Waals surface area contributed by atoms with E-state index in [0.29, 0.717) is 32.1 Å². The summed E-state index contributed by atoms with van der Waals surface area (Å²) >= 11 is 0. The fourth-order valence-corrected chi connectivity index (χ4v) is 3.68. The van der Waals surface area contributed by atoms with Crippen molar-refractivity contribution >= 4 is 17.5 Å². The first-order chi connectivity index (χ1) is 12.1. The summed E-state index contributed by atoms with van der Waals surface area (Å²) in [6.45, 7) is 3.30. The Morgan fingerprint density at radius 3 is 2.96 bits per heavy atom. The molecule has 1 saturated heterocycles. The molecule has 0 spiro atoms. The Labute approximate surface area is 149 Å². The lowest BCUT2D eigenvalue weighted by molar-refractivity contribution is -0.126. The average molecular weight is 344 g/mol. The molecule has 1 saturated carbocycles. The molecule has 136 valence electrons. The Bertz CT molecular complexity index is 607. The molecule has 2 amide bonds. The molecule has 5 nitrogen and oxygen atoms in total. The highest BCUT2D eigenvalue weighted by Crippen LogP contribution is 2.26. The summed E-state index contributed by atoms with van der Waals surface area (Å²) in [6.07, 6.45) is 6.24. The maximum Gasteiger partial charge on any atom is 0.229 e. The third-order valence-electron chi connectivity index (χ3n) is 5.20. The van der Waals surface area contributed by atoms with Crippen LogP contribution in [0.15, 0.2) is 24.3 Å². The highest BCUT2D eigenvalue weighted by Gasteiger charge is 2.24. The maximum absolute atomic E-state index is 12.3. The number of carbonyl (C=O) groups is 2. The van der Waals surface area contributed by atoms with E-state index in [-0.39, 0.29) is 17.7 Å². The van der Waals surface area contributed by atoms with E-state index in [1.807, 2.05) is 24.3 Å². The topological polar surface area (TPSA) is 67.4 Å². The molecule has 3 rings (SSSR count). The summed E-state index contributed by atoms with van der Waals surface area (Å²) in [7, 11) is 0. The predicted molar refractivity (Wildman–Crippen MR) is 97.0 cm³/mol. The van der Waals surface area contributed by atoms with Gasteiger partial charge in [-0.05, 0) is 42.9 Å². The van der Waals surface area contributed by atoms with Crippen LogP contribution in [0.3, 0.4) is 0 Å². The van der Waals surface area contributed by atoms with Crippen LogP contribution < -0.4 is 10.6 Å². The summed E-state index contributed by atoms with van der Waals surface area (Å²) in [6, 6.07) is 7.85. The van der Waals surface area contributed by atoms with E-state index in [2.05, 4.69) is 17.6 Å². The van der Waals surface area contributed by atoms with Gasteiger partial charge in [0.25, 0.3) is 0 Å². The van der Waals surface area contributed by atoms with Crippen LogP contribution in [0.5, 0.6) is 0 Å². The number of anilines is 1. The molecule has 1 aromatic carbocycles. The second-order valence-corrected chi connectivity index (χ2v) is 7.43. The van der Waals surface area contributed by atoms with Crippen molar-refractivity contribution in [3.05, 3.63) is 29.8 Å². The van der Waals surface area contributed by atoms with Crippen LogP contribution in [0.4, 0.5) is 5.69 Å². The molecule has 25 heavy (non-hydrogen) atoms. The van der Waals surface area contributed by atoms with Crippen LogP contribution in [-0.2, 0) is 20.9 Å². The molecular formula is C20H28N2O3. The van der Waals surface area contributed by atoms with Gasteiger partial charge < -0.3 is 15.4 Å². The first-order valence-corrected chi connectivity index (χ1v) is 9.38. The molecule has 0 radical (unpaired) electrons. The van der Waals surface area contributed by atoms with Crippen molar-refractivity contribution in [2.24, 2.45) is 11.8 Å². The number of carbonyl (C=O) groups excluding carboxylic acids is 2. The van der Waals surface area contributed by atoms with Crippen LogP contribution in [-0.4, -0.2) is 24.5 Å². The van der Waals surface area contributed by atoms with Crippen molar-refractivity contribution < 1.29 is 14.3 Å². The number of piperidine rings is 1. The molecule has 3 atom stereocenters. The Morgan fingerprint density at radius 1 is 1.32 bits per heavy atom. The van der Waals surface area contributed by atoms with Crippen molar-refractivity contribution in [1.29, 1.82) is 0 Å². The van der Waals surface area contributed by atoms with Crippen LogP contribution in [0.25, 0.3) is 0 Å². The highest BCUT2D eigenvalue weighted by molar-refractivity contribution is 5.94. The van der Waals surface area contributed by atoms with Crippen molar-refractivity contribution in [2.45, 2.75) is 58.2 Å². The summed E-state index contributed by atoms with van der Waals surface area (Å²) in [5.41, 5.74) is 1.87. The van der Waals surface area contributed by atoms with Crippen molar-refractivity contribution in [1.82, 2.24) is 5.32 Å². The Hall–Kier alpha value is -1.88. The zero-order valence-electron chi connectivity index (χ0n) is 14.9. The van der Waals surface area contributed by atoms with Gasteiger partial charge in [-0.3, -0.25) is 9.59 Å². The molecule has 1 aliphatic carbocycles. The lowest BCUT2D eigenvalue weighted by atomic mass is 9.89. The summed E-state index contributed by atoms with van der Waals surface area (Å²) < 4.78 is 6.07. The Morgan fingerprint density at radius 2 is 2.20 bits per heavy atom. The van der Waals surface area contributed by atoms with Crippen LogP contribution in [0.2, 0.25) is 0 Å². The number of ether oxygens (including phenoxy) is 1. The molecule has 1 heterocycles. The summed E-state index contributed by atoms with van der Waals surface area (Å²) in [5.74, 6) is 0.598. The molecule has 2 fully saturated rings. The molecule has 2 N–H and O–H groups in total. The van der Waals surface area contributed by atoms with Gasteiger partial charge in [-0.2, -0.15) is 0 Å². The van der Waals surface area contributed by atoms with E-state index in [1.54, 1.807) is 0 Å². The van der Waals surface area contributed by atoms with Gasteiger partial charge in [0.1, 0.15) is 0 Å². The number of hydrogen-bond acceptors (Lipinski definition) is 3. The van der Waals surface area contributed by atoms with E-state index >= 15 is 0 Å². The van der Waals surface area contributed by atoms with E-state index < -0.39 is 0 Å². The lowest BCUT2D eigenvalue weighted by Gasteiger charge is -2.26. The number of amides is 2. The number of rotatable bonds is 5. The molecule has 1 aliphatic heterocycles. The summed E-state index contributed by atoms with van der Waals surface area (Å²) in [5, 5.41) is 5.72. The van der Waals surface area contributed by atoms with Gasteiger partial charge in [-0.25, -0.2) is 0 Å². The first-order valence-electron chi connectivity index (χ1n) is 9.38. The highest BCUT2D eigenvalue weighted by atomic mass is 16.5. The second kappa shape index (κ2) is 8.48. The number of hydrogen-bond donors (Lipinski definition) is 2. The van der Waals surface area contributed by atoms with Crippen molar-refractivity contribution in [2.75, 3.05) is 11.9 Å². The fraction of sp³-hybridized carbons (Fsp3) is 0.600. The molecule has 1 aromatic rings. The Balaban J connectivity index is 1.50. The van der Waals surface area contributed by atoms with Gasteiger partial charge in [0, 0.05) is 18.7 Å². The average Bonchev–Trinajstić information content (AvgIpc) is 2.61. The number of benzene rings is 1. The lowest BCUT2D eigenvalue weighted by Crippen LogP contribution is -2.40. The van der Waals surface area contributed by atoms with Crippen molar-refractivity contribution in [3.8, 4) is 0 Å². The first kappa shape index (κ1) is 17.9. The SMILES string of the molecule is C[C@@H]1CCC[C@H](OCc2cccc(NC(=O)[C@H]3CCC(=O)NC3)c2)C1. The largest absolute Gasteiger partial charge is 0.374 e. The molecule has 5 heteroatoms.